The van der Waals surface area contributed by atoms with Gasteiger partial charge in [0, 0.05) is 17.0 Å². The molecule has 1 aromatic carbocycles. The number of thiazole rings is 1. The number of carbonyl (C=O) groups excluding carboxylic acids is 1. The summed E-state index contributed by atoms with van der Waals surface area (Å²) in [6.45, 7) is 5.07. The van der Waals surface area contributed by atoms with Crippen LogP contribution in [0.1, 0.15) is 18.9 Å². The second-order valence-corrected chi connectivity index (χ2v) is 7.17. The van der Waals surface area contributed by atoms with E-state index in [1.54, 1.807) is 25.6 Å². The molecule has 0 aliphatic heterocycles. The van der Waals surface area contributed by atoms with Crippen LogP contribution in [0.15, 0.2) is 23.6 Å². The topological polar surface area (TPSA) is 64.9 Å². The molecule has 2 N–H and O–H groups in total. The van der Waals surface area contributed by atoms with Gasteiger partial charge in [-0.05, 0) is 32.0 Å². The maximum absolute atomic E-state index is 11.8. The fraction of sp³-hybridized carbons (Fsp3) is 0.444. The Balaban J connectivity index is 2.03. The van der Waals surface area contributed by atoms with E-state index in [9.17, 15) is 4.79 Å². The number of amides is 1. The van der Waals surface area contributed by atoms with Crippen LogP contribution in [0.2, 0.25) is 0 Å². The molecule has 1 aromatic heterocycles. The first kappa shape index (κ1) is 19.2. The maximum Gasteiger partial charge on any atom is 0.275 e. The largest absolute Gasteiger partial charge is 0.493 e. The molecule has 0 saturated carbocycles. The molecule has 6 nitrogen and oxygen atoms in total. The Labute approximate surface area is 152 Å². The zero-order valence-electron chi connectivity index (χ0n) is 15.4. The summed E-state index contributed by atoms with van der Waals surface area (Å²) in [7, 11) is 5.23. The maximum atomic E-state index is 11.8. The van der Waals surface area contributed by atoms with Crippen molar-refractivity contribution < 1.29 is 19.2 Å². The molecule has 0 saturated heterocycles. The summed E-state index contributed by atoms with van der Waals surface area (Å²) in [6.07, 6.45) is 0. The molecule has 1 unspecified atom stereocenters. The third-order valence-electron chi connectivity index (χ3n) is 3.60. The van der Waals surface area contributed by atoms with Gasteiger partial charge in [0.2, 0.25) is 0 Å². The number of benzene rings is 1. The number of hydrogen-bond donors (Lipinski definition) is 2. The smallest absolute Gasteiger partial charge is 0.275 e. The predicted octanol–water partition coefficient (Wildman–Crippen LogP) is 1.37. The monoisotopic (exact) mass is 364 g/mol. The van der Waals surface area contributed by atoms with Gasteiger partial charge in [-0.2, -0.15) is 0 Å². The second-order valence-electron chi connectivity index (χ2n) is 6.23. The van der Waals surface area contributed by atoms with E-state index >= 15 is 0 Å². The van der Waals surface area contributed by atoms with Crippen LogP contribution in [0.25, 0.3) is 11.3 Å². The zero-order valence-corrected chi connectivity index (χ0v) is 16.2. The predicted molar refractivity (Wildman–Crippen MR) is 99.4 cm³/mol. The van der Waals surface area contributed by atoms with Crippen molar-refractivity contribution in [2.24, 2.45) is 0 Å². The van der Waals surface area contributed by atoms with E-state index in [1.807, 2.05) is 44.5 Å². The summed E-state index contributed by atoms with van der Waals surface area (Å²) in [6, 6.07) is 5.93. The molecule has 2 rings (SSSR count). The molecule has 0 spiro atoms. The van der Waals surface area contributed by atoms with Crippen LogP contribution in [0.5, 0.6) is 11.5 Å². The highest BCUT2D eigenvalue weighted by Crippen LogP contribution is 2.32. The average molecular weight is 364 g/mol. The molecule has 0 aliphatic carbocycles. The first-order valence-electron chi connectivity index (χ1n) is 8.20. The van der Waals surface area contributed by atoms with E-state index in [4.69, 9.17) is 9.47 Å². The lowest BCUT2D eigenvalue weighted by Crippen LogP contribution is -3.09. The number of rotatable bonds is 8. The van der Waals surface area contributed by atoms with Crippen molar-refractivity contribution in [3.63, 3.8) is 0 Å². The molecule has 0 bridgehead atoms. The van der Waals surface area contributed by atoms with Crippen molar-refractivity contribution in [3.05, 3.63) is 28.6 Å². The molecule has 136 valence electrons. The summed E-state index contributed by atoms with van der Waals surface area (Å²) in [5.74, 6) is 1.44. The van der Waals surface area contributed by atoms with Crippen LogP contribution < -0.4 is 19.7 Å². The Kier molecular flexibility index (Phi) is 6.78. The number of nitrogens with one attached hydrogen (secondary N) is 2. The molecular weight excluding hydrogens is 338 g/mol. The Morgan fingerprint density at radius 1 is 1.28 bits per heavy atom. The minimum atomic E-state index is 0.0594. The number of ether oxygens (including phenoxy) is 2. The Morgan fingerprint density at radius 2 is 2.00 bits per heavy atom. The fourth-order valence-electron chi connectivity index (χ4n) is 2.49. The lowest BCUT2D eigenvalue weighted by molar-refractivity contribution is -0.885. The highest BCUT2D eigenvalue weighted by molar-refractivity contribution is 7.09. The first-order chi connectivity index (χ1) is 11.9. The van der Waals surface area contributed by atoms with Gasteiger partial charge in [-0.25, -0.2) is 4.98 Å². The first-order valence-corrected chi connectivity index (χ1v) is 9.08. The van der Waals surface area contributed by atoms with Gasteiger partial charge in [0.15, 0.2) is 18.0 Å². The third-order valence-corrected chi connectivity index (χ3v) is 4.44. The van der Waals surface area contributed by atoms with Crippen LogP contribution in [-0.2, 0) is 11.3 Å². The number of quaternary nitrogens is 1. The third kappa shape index (κ3) is 5.44. The Hall–Kier alpha value is -2.12. The quantitative estimate of drug-likeness (QED) is 0.743. The van der Waals surface area contributed by atoms with Gasteiger partial charge < -0.3 is 19.7 Å². The van der Waals surface area contributed by atoms with E-state index in [2.05, 4.69) is 10.3 Å². The molecule has 2 aromatic rings. The zero-order chi connectivity index (χ0) is 18.4. The summed E-state index contributed by atoms with van der Waals surface area (Å²) in [4.78, 5) is 17.6. The van der Waals surface area contributed by atoms with Gasteiger partial charge in [-0.15, -0.1) is 11.3 Å². The van der Waals surface area contributed by atoms with E-state index in [-0.39, 0.29) is 11.9 Å². The minimum Gasteiger partial charge on any atom is -0.493 e. The van der Waals surface area contributed by atoms with Crippen LogP contribution in [-0.4, -0.2) is 44.7 Å². The number of methoxy groups -OCH3 is 2. The molecule has 0 fully saturated rings. The van der Waals surface area contributed by atoms with Crippen LogP contribution in [0.4, 0.5) is 0 Å². The van der Waals surface area contributed by atoms with Gasteiger partial charge in [-0.3, -0.25) is 4.79 Å². The van der Waals surface area contributed by atoms with Crippen LogP contribution in [0, 0.1) is 0 Å². The van der Waals surface area contributed by atoms with Crippen molar-refractivity contribution in [1.82, 2.24) is 10.3 Å². The van der Waals surface area contributed by atoms with Crippen molar-refractivity contribution in [2.75, 3.05) is 27.8 Å². The van der Waals surface area contributed by atoms with Crippen molar-refractivity contribution in [3.8, 4) is 22.8 Å². The summed E-state index contributed by atoms with van der Waals surface area (Å²) in [5, 5.41) is 5.94. The number of nitrogens with zero attached hydrogens (tertiary/aromatic N) is 1. The Morgan fingerprint density at radius 3 is 2.64 bits per heavy atom. The summed E-state index contributed by atoms with van der Waals surface area (Å²) in [5.41, 5.74) is 1.88. The lowest BCUT2D eigenvalue weighted by Gasteiger charge is -2.13. The van der Waals surface area contributed by atoms with Crippen LogP contribution in [0.3, 0.4) is 0 Å². The van der Waals surface area contributed by atoms with Gasteiger partial charge >= 0.3 is 0 Å². The number of likely N-dealkylation sites (N-methyl/N-ethyl adjacent to an activating group) is 1. The summed E-state index contributed by atoms with van der Waals surface area (Å²) >= 11 is 1.60. The fourth-order valence-corrected chi connectivity index (χ4v) is 3.41. The molecule has 1 amide bonds. The van der Waals surface area contributed by atoms with Crippen molar-refractivity contribution in [2.45, 2.75) is 26.4 Å². The Bertz CT molecular complexity index is 715. The highest BCUT2D eigenvalue weighted by atomic mass is 32.1. The molecule has 1 heterocycles. The van der Waals surface area contributed by atoms with Crippen molar-refractivity contribution in [1.29, 1.82) is 0 Å². The highest BCUT2D eigenvalue weighted by Gasteiger charge is 2.14. The van der Waals surface area contributed by atoms with Gasteiger partial charge in [0.1, 0.15) is 11.6 Å². The normalized spacial score (nSPS) is 12.1. The lowest BCUT2D eigenvalue weighted by atomic mass is 10.1. The molecule has 1 atom stereocenters. The van der Waals surface area contributed by atoms with E-state index in [1.165, 1.54) is 0 Å². The molecular formula is C18H26N3O3S+. The van der Waals surface area contributed by atoms with Gasteiger partial charge in [0.25, 0.3) is 5.91 Å². The number of hydrogen-bond acceptors (Lipinski definition) is 5. The van der Waals surface area contributed by atoms with E-state index < -0.39 is 0 Å². The average Bonchev–Trinajstić information content (AvgIpc) is 3.01. The van der Waals surface area contributed by atoms with E-state index in [0.29, 0.717) is 24.6 Å². The summed E-state index contributed by atoms with van der Waals surface area (Å²) < 4.78 is 10.6. The van der Waals surface area contributed by atoms with Gasteiger partial charge in [0.05, 0.1) is 27.0 Å². The molecule has 7 heteroatoms. The molecule has 0 aliphatic rings. The van der Waals surface area contributed by atoms with Crippen LogP contribution >= 0.6 is 11.3 Å². The second kappa shape index (κ2) is 8.82. The minimum absolute atomic E-state index is 0.0594. The standard InChI is InChI=1S/C18H25N3O3S/c1-12(2)19-17(22)9-21(3)10-18-20-14(11-25-18)13-6-7-15(23-4)16(8-13)24-5/h6-8,11-12H,9-10H2,1-5H3,(H,19,22)/p+1. The van der Waals surface area contributed by atoms with E-state index in [0.717, 1.165) is 21.2 Å². The van der Waals surface area contributed by atoms with Crippen molar-refractivity contribution >= 4 is 17.2 Å². The number of aromatic nitrogens is 1. The molecule has 0 radical (unpaired) electrons. The molecule has 25 heavy (non-hydrogen) atoms. The number of carbonyl (C=O) groups is 1. The SMILES string of the molecule is COc1ccc(-c2csc(C[NH+](C)CC(=O)NC(C)C)n2)cc1OC. The van der Waals surface area contributed by atoms with Gasteiger partial charge in [-0.1, -0.05) is 0 Å².